The van der Waals surface area contributed by atoms with E-state index in [1.807, 2.05) is 13.0 Å². The predicted octanol–water partition coefficient (Wildman–Crippen LogP) is 3.31. The van der Waals surface area contributed by atoms with Gasteiger partial charge in [-0.1, -0.05) is 13.8 Å². The van der Waals surface area contributed by atoms with Crippen LogP contribution in [0.4, 0.5) is 0 Å². The Labute approximate surface area is 84.4 Å². The molecule has 0 bridgehead atoms. The molecule has 0 aliphatic rings. The molecule has 1 nitrogen and oxygen atoms in total. The molecule has 0 saturated carbocycles. The predicted molar refractivity (Wildman–Crippen MR) is 58.1 cm³/mol. The molecule has 0 spiro atoms. The van der Waals surface area contributed by atoms with E-state index in [4.69, 9.17) is 0 Å². The van der Waals surface area contributed by atoms with Crippen molar-refractivity contribution in [3.63, 3.8) is 0 Å². The summed E-state index contributed by atoms with van der Waals surface area (Å²) in [6.45, 7) is 8.24. The lowest BCUT2D eigenvalue weighted by molar-refractivity contribution is 0.0385. The highest BCUT2D eigenvalue weighted by atomic mass is 32.1. The maximum Gasteiger partial charge on any atom is 0.0962 e. The molecule has 13 heavy (non-hydrogen) atoms. The fourth-order valence-electron chi connectivity index (χ4n) is 1.62. The summed E-state index contributed by atoms with van der Waals surface area (Å²) >= 11 is 1.69. The van der Waals surface area contributed by atoms with Crippen molar-refractivity contribution >= 4 is 11.3 Å². The zero-order valence-corrected chi connectivity index (χ0v) is 9.61. The number of rotatable bonds is 3. The molecular formula is C11H18OS. The van der Waals surface area contributed by atoms with Crippen LogP contribution in [0, 0.1) is 12.8 Å². The summed E-state index contributed by atoms with van der Waals surface area (Å²) in [5.74, 6) is 0.525. The van der Waals surface area contributed by atoms with E-state index in [0.717, 1.165) is 11.3 Å². The van der Waals surface area contributed by atoms with Gasteiger partial charge < -0.3 is 5.11 Å². The maximum atomic E-state index is 10.2. The second kappa shape index (κ2) is 3.81. The number of hydrogen-bond acceptors (Lipinski definition) is 2. The van der Waals surface area contributed by atoms with Crippen LogP contribution in [0.3, 0.4) is 0 Å². The van der Waals surface area contributed by atoms with Crippen LogP contribution in [-0.4, -0.2) is 5.11 Å². The number of aliphatic hydroxyl groups is 1. The minimum absolute atomic E-state index is 0.525. The summed E-state index contributed by atoms with van der Waals surface area (Å²) in [6, 6.07) is 4.09. The summed E-state index contributed by atoms with van der Waals surface area (Å²) in [4.78, 5) is 2.35. The molecule has 0 aliphatic heterocycles. The molecular weight excluding hydrogens is 180 g/mol. The third-order valence-electron chi connectivity index (χ3n) is 2.08. The van der Waals surface area contributed by atoms with Crippen molar-refractivity contribution in [2.75, 3.05) is 0 Å². The maximum absolute atomic E-state index is 10.2. The van der Waals surface area contributed by atoms with E-state index >= 15 is 0 Å². The lowest BCUT2D eigenvalue weighted by Gasteiger charge is -2.23. The van der Waals surface area contributed by atoms with Crippen LogP contribution >= 0.6 is 11.3 Å². The van der Waals surface area contributed by atoms with Crippen LogP contribution in [0.1, 0.15) is 36.9 Å². The van der Waals surface area contributed by atoms with Gasteiger partial charge in [-0.3, -0.25) is 0 Å². The third-order valence-corrected chi connectivity index (χ3v) is 3.33. The van der Waals surface area contributed by atoms with Gasteiger partial charge in [0.25, 0.3) is 0 Å². The average Bonchev–Trinajstić information content (AvgIpc) is 2.32. The minimum atomic E-state index is -0.646. The van der Waals surface area contributed by atoms with Crippen molar-refractivity contribution in [2.24, 2.45) is 5.92 Å². The van der Waals surface area contributed by atoms with Gasteiger partial charge in [-0.2, -0.15) is 0 Å². The van der Waals surface area contributed by atoms with Gasteiger partial charge in [0.1, 0.15) is 0 Å². The highest BCUT2D eigenvalue weighted by molar-refractivity contribution is 7.12. The first kappa shape index (κ1) is 10.7. The summed E-state index contributed by atoms with van der Waals surface area (Å²) < 4.78 is 0. The standard InChI is InChI=1S/C11H18OS/c1-8(2)7-11(4,12)10-6-5-9(3)13-10/h5-6,8,12H,7H2,1-4H3. The van der Waals surface area contributed by atoms with Gasteiger partial charge in [0.15, 0.2) is 0 Å². The Bertz CT molecular complexity index is 273. The molecule has 74 valence electrons. The van der Waals surface area contributed by atoms with Gasteiger partial charge in [0.05, 0.1) is 5.60 Å². The monoisotopic (exact) mass is 198 g/mol. The Morgan fingerprint density at radius 2 is 2.08 bits per heavy atom. The quantitative estimate of drug-likeness (QED) is 0.790. The molecule has 0 aromatic carbocycles. The first-order chi connectivity index (χ1) is 5.92. The van der Waals surface area contributed by atoms with Crippen molar-refractivity contribution in [3.05, 3.63) is 21.9 Å². The SMILES string of the molecule is Cc1ccc(C(C)(O)CC(C)C)s1. The Balaban J connectivity index is 2.80. The number of hydrogen-bond donors (Lipinski definition) is 1. The minimum Gasteiger partial charge on any atom is -0.385 e. The molecule has 1 rings (SSSR count). The summed E-state index contributed by atoms with van der Waals surface area (Å²) in [5, 5.41) is 10.2. The van der Waals surface area contributed by atoms with E-state index in [1.165, 1.54) is 4.88 Å². The number of aryl methyl sites for hydroxylation is 1. The fourth-order valence-corrected chi connectivity index (χ4v) is 2.54. The zero-order valence-electron chi connectivity index (χ0n) is 8.79. The summed E-state index contributed by atoms with van der Waals surface area (Å²) in [7, 11) is 0. The first-order valence-electron chi connectivity index (χ1n) is 4.71. The molecule has 1 aromatic rings. The Morgan fingerprint density at radius 3 is 2.46 bits per heavy atom. The van der Waals surface area contributed by atoms with Crippen molar-refractivity contribution < 1.29 is 5.11 Å². The van der Waals surface area contributed by atoms with Crippen LogP contribution in [0.2, 0.25) is 0 Å². The molecule has 0 radical (unpaired) electrons. The highest BCUT2D eigenvalue weighted by Gasteiger charge is 2.25. The van der Waals surface area contributed by atoms with Gasteiger partial charge in [-0.05, 0) is 38.3 Å². The Hall–Kier alpha value is -0.340. The van der Waals surface area contributed by atoms with Gasteiger partial charge >= 0.3 is 0 Å². The molecule has 1 aromatic heterocycles. The van der Waals surface area contributed by atoms with E-state index < -0.39 is 5.60 Å². The molecule has 1 atom stereocenters. The van der Waals surface area contributed by atoms with Crippen LogP contribution < -0.4 is 0 Å². The third kappa shape index (κ3) is 2.82. The molecule has 0 fully saturated rings. The van der Waals surface area contributed by atoms with Crippen molar-refractivity contribution in [3.8, 4) is 0 Å². The van der Waals surface area contributed by atoms with Crippen LogP contribution in [-0.2, 0) is 5.60 Å². The Kier molecular flexibility index (Phi) is 3.14. The van der Waals surface area contributed by atoms with Crippen LogP contribution in [0.25, 0.3) is 0 Å². The van der Waals surface area contributed by atoms with Crippen LogP contribution in [0.15, 0.2) is 12.1 Å². The lowest BCUT2D eigenvalue weighted by Crippen LogP contribution is -2.21. The second-order valence-electron chi connectivity index (χ2n) is 4.28. The molecule has 0 amide bonds. The molecule has 0 aliphatic carbocycles. The van der Waals surface area contributed by atoms with Gasteiger partial charge in [-0.25, -0.2) is 0 Å². The zero-order chi connectivity index (χ0) is 10.1. The molecule has 1 unspecified atom stereocenters. The van der Waals surface area contributed by atoms with Crippen molar-refractivity contribution in [1.29, 1.82) is 0 Å². The van der Waals surface area contributed by atoms with E-state index in [1.54, 1.807) is 11.3 Å². The largest absolute Gasteiger partial charge is 0.385 e. The second-order valence-corrected chi connectivity index (χ2v) is 5.57. The van der Waals surface area contributed by atoms with Crippen molar-refractivity contribution in [2.45, 2.75) is 39.7 Å². The molecule has 0 saturated heterocycles. The van der Waals surface area contributed by atoms with Gasteiger partial charge in [0.2, 0.25) is 0 Å². The fraction of sp³-hybridized carbons (Fsp3) is 0.636. The normalized spacial score (nSPS) is 16.2. The number of thiophene rings is 1. The first-order valence-corrected chi connectivity index (χ1v) is 5.53. The summed E-state index contributed by atoms with van der Waals surface area (Å²) in [6.07, 6.45) is 0.826. The van der Waals surface area contributed by atoms with Crippen LogP contribution in [0.5, 0.6) is 0 Å². The van der Waals surface area contributed by atoms with Crippen molar-refractivity contribution in [1.82, 2.24) is 0 Å². The molecule has 2 heteroatoms. The molecule has 1 heterocycles. The van der Waals surface area contributed by atoms with E-state index in [2.05, 4.69) is 26.8 Å². The topological polar surface area (TPSA) is 20.2 Å². The van der Waals surface area contributed by atoms with Gasteiger partial charge in [-0.15, -0.1) is 11.3 Å². The smallest absolute Gasteiger partial charge is 0.0962 e. The van der Waals surface area contributed by atoms with Gasteiger partial charge in [0, 0.05) is 9.75 Å². The highest BCUT2D eigenvalue weighted by Crippen LogP contribution is 2.32. The average molecular weight is 198 g/mol. The molecule has 1 N–H and O–H groups in total. The Morgan fingerprint density at radius 1 is 1.46 bits per heavy atom. The van der Waals surface area contributed by atoms with E-state index in [9.17, 15) is 5.11 Å². The van der Waals surface area contributed by atoms with E-state index in [0.29, 0.717) is 5.92 Å². The summed E-state index contributed by atoms with van der Waals surface area (Å²) in [5.41, 5.74) is -0.646. The van der Waals surface area contributed by atoms with E-state index in [-0.39, 0.29) is 0 Å². The lowest BCUT2D eigenvalue weighted by atomic mass is 9.93.